The number of rotatable bonds is 5. The van der Waals surface area contributed by atoms with Gasteiger partial charge < -0.3 is 20.5 Å². The van der Waals surface area contributed by atoms with Crippen LogP contribution in [0.1, 0.15) is 18.5 Å². The lowest BCUT2D eigenvalue weighted by molar-refractivity contribution is 0.0159. The minimum atomic E-state index is 0.0852. The van der Waals surface area contributed by atoms with E-state index in [1.165, 1.54) is 0 Å². The number of ether oxygens (including phenoxy) is 1. The first-order valence-electron chi connectivity index (χ1n) is 6.44. The third-order valence-electron chi connectivity index (χ3n) is 3.25. The van der Waals surface area contributed by atoms with Gasteiger partial charge in [-0.05, 0) is 25.0 Å². The fourth-order valence-electron chi connectivity index (χ4n) is 2.25. The van der Waals surface area contributed by atoms with Crippen LogP contribution < -0.4 is 10.6 Å². The van der Waals surface area contributed by atoms with Gasteiger partial charge in [0.05, 0.1) is 25.0 Å². The van der Waals surface area contributed by atoms with E-state index < -0.39 is 0 Å². The number of nitrogens with two attached hydrogens (primary N) is 1. The first kappa shape index (κ1) is 14.2. The fraction of sp³-hybridized carbons (Fsp3) is 0.538. The van der Waals surface area contributed by atoms with Crippen LogP contribution in [-0.4, -0.2) is 47.5 Å². The Morgan fingerprint density at radius 3 is 2.89 bits per heavy atom. The fourth-order valence-corrected chi connectivity index (χ4v) is 2.36. The van der Waals surface area contributed by atoms with E-state index in [0.717, 1.165) is 31.6 Å². The molecule has 104 valence electrons. The molecule has 0 radical (unpaired) electrons. The number of anilines is 1. The molecule has 1 aromatic heterocycles. The van der Waals surface area contributed by atoms with Crippen molar-refractivity contribution >= 4 is 22.9 Å². The molecule has 0 saturated carbocycles. The first-order chi connectivity index (χ1) is 9.20. The largest absolute Gasteiger partial charge is 0.394 e. The van der Waals surface area contributed by atoms with Crippen LogP contribution in [0.2, 0.25) is 0 Å². The minimum Gasteiger partial charge on any atom is -0.394 e. The Hall–Kier alpha value is -1.24. The van der Waals surface area contributed by atoms with Crippen LogP contribution in [0.4, 0.5) is 5.69 Å². The van der Waals surface area contributed by atoms with Crippen LogP contribution in [0.5, 0.6) is 0 Å². The Labute approximate surface area is 118 Å². The Kier molecular flexibility index (Phi) is 5.07. The van der Waals surface area contributed by atoms with E-state index in [-0.39, 0.29) is 12.7 Å². The van der Waals surface area contributed by atoms with Gasteiger partial charge in [-0.2, -0.15) is 0 Å². The summed E-state index contributed by atoms with van der Waals surface area (Å²) in [6, 6.07) is 3.90. The highest BCUT2D eigenvalue weighted by Crippen LogP contribution is 2.21. The summed E-state index contributed by atoms with van der Waals surface area (Å²) in [5, 5.41) is 8.74. The van der Waals surface area contributed by atoms with Crippen molar-refractivity contribution in [3.8, 4) is 0 Å². The van der Waals surface area contributed by atoms with E-state index in [1.807, 2.05) is 12.1 Å². The lowest BCUT2D eigenvalue weighted by atomic mass is 10.1. The summed E-state index contributed by atoms with van der Waals surface area (Å²) >= 11 is 4.94. The summed E-state index contributed by atoms with van der Waals surface area (Å²) in [6.45, 7) is 2.36. The van der Waals surface area contributed by atoms with Crippen LogP contribution in [0.25, 0.3) is 0 Å². The molecular formula is C13H19N3O2S. The number of thiocarbonyl (C=S) groups is 1. The Bertz CT molecular complexity index is 434. The van der Waals surface area contributed by atoms with Crippen molar-refractivity contribution in [3.05, 3.63) is 24.0 Å². The summed E-state index contributed by atoms with van der Waals surface area (Å²) in [5.41, 5.74) is 7.35. The Balaban J connectivity index is 1.94. The van der Waals surface area contributed by atoms with Gasteiger partial charge in [0.2, 0.25) is 0 Å². The maximum absolute atomic E-state index is 8.74. The van der Waals surface area contributed by atoms with Gasteiger partial charge in [-0.1, -0.05) is 12.2 Å². The second kappa shape index (κ2) is 6.79. The van der Waals surface area contributed by atoms with Gasteiger partial charge in [-0.25, -0.2) is 0 Å². The van der Waals surface area contributed by atoms with E-state index in [0.29, 0.717) is 17.3 Å². The quantitative estimate of drug-likeness (QED) is 0.774. The van der Waals surface area contributed by atoms with E-state index >= 15 is 0 Å². The monoisotopic (exact) mass is 281 g/mol. The van der Waals surface area contributed by atoms with E-state index in [1.54, 1.807) is 6.20 Å². The highest BCUT2D eigenvalue weighted by Gasteiger charge is 2.20. The molecule has 1 aromatic rings. The molecule has 0 amide bonds. The van der Waals surface area contributed by atoms with Gasteiger partial charge in [0.15, 0.2) is 0 Å². The molecule has 2 rings (SSSR count). The van der Waals surface area contributed by atoms with Crippen LogP contribution in [0.15, 0.2) is 18.3 Å². The molecule has 1 aliphatic rings. The Morgan fingerprint density at radius 2 is 2.26 bits per heavy atom. The molecule has 5 nitrogen and oxygen atoms in total. The van der Waals surface area contributed by atoms with Crippen LogP contribution >= 0.6 is 12.2 Å². The van der Waals surface area contributed by atoms with Gasteiger partial charge in [-0.15, -0.1) is 0 Å². The summed E-state index contributed by atoms with van der Waals surface area (Å²) in [4.78, 5) is 6.75. The normalized spacial score (nSPS) is 16.6. The zero-order chi connectivity index (χ0) is 13.7. The molecule has 19 heavy (non-hydrogen) atoms. The molecule has 0 atom stereocenters. The molecule has 3 N–H and O–H groups in total. The average Bonchev–Trinajstić information content (AvgIpc) is 2.46. The van der Waals surface area contributed by atoms with Crippen molar-refractivity contribution in [1.29, 1.82) is 0 Å². The highest BCUT2D eigenvalue weighted by molar-refractivity contribution is 7.80. The van der Waals surface area contributed by atoms with Crippen LogP contribution in [0.3, 0.4) is 0 Å². The van der Waals surface area contributed by atoms with Gasteiger partial charge >= 0.3 is 0 Å². The molecular weight excluding hydrogens is 262 g/mol. The molecule has 0 unspecified atom stereocenters. The molecule has 0 aliphatic carbocycles. The molecule has 1 aliphatic heterocycles. The number of aliphatic hydroxyl groups is 1. The maximum atomic E-state index is 8.74. The van der Waals surface area contributed by atoms with Crippen molar-refractivity contribution in [2.24, 2.45) is 5.73 Å². The molecule has 0 spiro atoms. The number of piperidine rings is 1. The smallest absolute Gasteiger partial charge is 0.122 e. The zero-order valence-electron chi connectivity index (χ0n) is 10.8. The van der Waals surface area contributed by atoms with Crippen LogP contribution in [-0.2, 0) is 4.74 Å². The summed E-state index contributed by atoms with van der Waals surface area (Å²) in [6.07, 6.45) is 3.91. The summed E-state index contributed by atoms with van der Waals surface area (Å²) in [5.74, 6) is 0. The number of nitrogens with zero attached hydrogens (tertiary/aromatic N) is 2. The second-order valence-electron chi connectivity index (χ2n) is 4.54. The van der Waals surface area contributed by atoms with Crippen molar-refractivity contribution in [1.82, 2.24) is 4.98 Å². The van der Waals surface area contributed by atoms with Gasteiger partial charge in [-0.3, -0.25) is 4.98 Å². The SMILES string of the molecule is NC(=S)c1cc(N2CCC(OCCO)CC2)ccn1. The number of hydrogen-bond donors (Lipinski definition) is 2. The molecule has 1 saturated heterocycles. The topological polar surface area (TPSA) is 71.6 Å². The van der Waals surface area contributed by atoms with E-state index in [9.17, 15) is 0 Å². The molecule has 2 heterocycles. The van der Waals surface area contributed by atoms with Crippen molar-refractivity contribution < 1.29 is 9.84 Å². The van der Waals surface area contributed by atoms with E-state index in [4.69, 9.17) is 27.8 Å². The zero-order valence-corrected chi connectivity index (χ0v) is 11.6. The highest BCUT2D eigenvalue weighted by atomic mass is 32.1. The lowest BCUT2D eigenvalue weighted by Gasteiger charge is -2.33. The maximum Gasteiger partial charge on any atom is 0.122 e. The second-order valence-corrected chi connectivity index (χ2v) is 4.98. The molecule has 0 bridgehead atoms. The summed E-state index contributed by atoms with van der Waals surface area (Å²) < 4.78 is 5.55. The van der Waals surface area contributed by atoms with Crippen molar-refractivity contribution in [3.63, 3.8) is 0 Å². The number of aromatic nitrogens is 1. The Morgan fingerprint density at radius 1 is 1.53 bits per heavy atom. The predicted molar refractivity (Wildman–Crippen MR) is 78.4 cm³/mol. The number of hydrogen-bond acceptors (Lipinski definition) is 5. The van der Waals surface area contributed by atoms with Gasteiger partial charge in [0, 0.05) is 25.0 Å². The van der Waals surface area contributed by atoms with Crippen LogP contribution in [0, 0.1) is 0 Å². The van der Waals surface area contributed by atoms with Crippen molar-refractivity contribution in [2.45, 2.75) is 18.9 Å². The molecule has 1 fully saturated rings. The van der Waals surface area contributed by atoms with Gasteiger partial charge in [0.25, 0.3) is 0 Å². The predicted octanol–water partition coefficient (Wildman–Crippen LogP) is 0.693. The minimum absolute atomic E-state index is 0.0852. The third kappa shape index (κ3) is 3.86. The molecule has 6 heteroatoms. The first-order valence-corrected chi connectivity index (χ1v) is 6.85. The van der Waals surface area contributed by atoms with E-state index in [2.05, 4.69) is 9.88 Å². The lowest BCUT2D eigenvalue weighted by Crippen LogP contribution is -2.37. The van der Waals surface area contributed by atoms with Gasteiger partial charge in [0.1, 0.15) is 4.99 Å². The summed E-state index contributed by atoms with van der Waals surface area (Å²) in [7, 11) is 0. The number of pyridine rings is 1. The number of aliphatic hydroxyl groups excluding tert-OH is 1. The third-order valence-corrected chi connectivity index (χ3v) is 3.46. The van der Waals surface area contributed by atoms with Crippen molar-refractivity contribution in [2.75, 3.05) is 31.2 Å². The standard InChI is InChI=1S/C13H19N3O2S/c14-13(19)12-9-10(1-4-15-12)16-5-2-11(3-6-16)18-8-7-17/h1,4,9,11,17H,2-3,5-8H2,(H2,14,19). The molecule has 0 aromatic carbocycles. The average molecular weight is 281 g/mol.